The summed E-state index contributed by atoms with van der Waals surface area (Å²) in [6, 6.07) is 23.7. The van der Waals surface area contributed by atoms with Gasteiger partial charge in [-0.25, -0.2) is 0 Å². The van der Waals surface area contributed by atoms with Gasteiger partial charge in [-0.2, -0.15) is 0 Å². The van der Waals surface area contributed by atoms with Crippen LogP contribution < -0.4 is 5.73 Å². The first-order valence-corrected chi connectivity index (χ1v) is 16.7. The lowest BCUT2D eigenvalue weighted by Crippen LogP contribution is -2.10. The highest BCUT2D eigenvalue weighted by atomic mass is 14.8. The third-order valence-electron chi connectivity index (χ3n) is 9.43. The van der Waals surface area contributed by atoms with Crippen LogP contribution in [0.4, 0.5) is 5.69 Å². The quantitative estimate of drug-likeness (QED) is 0.166. The second-order valence-corrected chi connectivity index (χ2v) is 12.5. The van der Waals surface area contributed by atoms with E-state index in [1.165, 1.54) is 39.0 Å². The number of benzene rings is 3. The molecule has 0 spiro atoms. The summed E-state index contributed by atoms with van der Waals surface area (Å²) in [7, 11) is 0. The van der Waals surface area contributed by atoms with Crippen molar-refractivity contribution >= 4 is 34.8 Å². The molecule has 3 aliphatic carbocycles. The predicted octanol–water partition coefficient (Wildman–Crippen LogP) is 10.6. The average Bonchev–Trinajstić information content (AvgIpc) is 3.59. The number of allylic oxidation sites excluding steroid dienone is 12. The Morgan fingerprint density at radius 3 is 2.65 bits per heavy atom. The van der Waals surface area contributed by atoms with E-state index in [1.54, 1.807) is 0 Å². The molecule has 7 rings (SSSR count). The zero-order valence-corrected chi connectivity index (χ0v) is 27.6. The second-order valence-electron chi connectivity index (χ2n) is 12.5. The average molecular weight is 622 g/mol. The largest absolute Gasteiger partial charge is 0.398 e. The molecule has 1 unspecified atom stereocenters. The van der Waals surface area contributed by atoms with Crippen LogP contribution >= 0.6 is 0 Å². The summed E-state index contributed by atoms with van der Waals surface area (Å²) >= 11 is 0. The lowest BCUT2D eigenvalue weighted by molar-refractivity contribution is 0.755. The number of fused-ring (bicyclic) bond motifs is 1. The van der Waals surface area contributed by atoms with Gasteiger partial charge in [0.25, 0.3) is 0 Å². The summed E-state index contributed by atoms with van der Waals surface area (Å²) in [5.41, 5.74) is 26.7. The molecule has 0 saturated heterocycles. The minimum atomic E-state index is 0.121. The Morgan fingerprint density at radius 1 is 0.958 bits per heavy atom. The zero-order valence-electron chi connectivity index (χ0n) is 27.6. The Hall–Kier alpha value is -5.76. The smallest absolute Gasteiger partial charge is 0.0761 e. The molecule has 3 heteroatoms. The molecule has 0 radical (unpaired) electrons. The normalized spacial score (nSPS) is 21.9. The number of anilines is 1. The van der Waals surface area contributed by atoms with Crippen molar-refractivity contribution < 1.29 is 0 Å². The van der Waals surface area contributed by atoms with Crippen LogP contribution in [0.15, 0.2) is 172 Å². The molecule has 234 valence electrons. The van der Waals surface area contributed by atoms with Crippen LogP contribution in [0.5, 0.6) is 0 Å². The minimum Gasteiger partial charge on any atom is -0.398 e. The third-order valence-corrected chi connectivity index (χ3v) is 9.43. The molecule has 0 saturated carbocycles. The number of dihydropyridines is 1. The first-order valence-electron chi connectivity index (χ1n) is 16.7. The first-order chi connectivity index (χ1) is 23.5. The molecule has 0 fully saturated rings. The molecule has 0 amide bonds. The highest BCUT2D eigenvalue weighted by molar-refractivity contribution is 6.25. The van der Waals surface area contributed by atoms with Gasteiger partial charge in [0.2, 0.25) is 0 Å². The topological polar surface area (TPSA) is 50.7 Å². The number of nitrogens with zero attached hydrogens (tertiary/aromatic N) is 2. The van der Waals surface area contributed by atoms with Gasteiger partial charge in [0, 0.05) is 35.0 Å². The molecule has 1 heterocycles. The van der Waals surface area contributed by atoms with E-state index >= 15 is 0 Å². The number of aliphatic imine (C=N–C) groups is 2. The van der Waals surface area contributed by atoms with Crippen molar-refractivity contribution in [3.05, 3.63) is 184 Å². The molecule has 2 N–H and O–H groups in total. The molecule has 0 bridgehead atoms. The van der Waals surface area contributed by atoms with Crippen LogP contribution in [0.25, 0.3) is 28.3 Å². The summed E-state index contributed by atoms with van der Waals surface area (Å²) < 4.78 is 0. The van der Waals surface area contributed by atoms with Crippen molar-refractivity contribution in [3.8, 4) is 11.1 Å². The number of hydrogen-bond donors (Lipinski definition) is 1. The number of nitrogens with two attached hydrogens (primary N) is 1. The van der Waals surface area contributed by atoms with Crippen molar-refractivity contribution in [2.24, 2.45) is 9.98 Å². The van der Waals surface area contributed by atoms with E-state index in [9.17, 15) is 0 Å². The van der Waals surface area contributed by atoms with Gasteiger partial charge in [0.1, 0.15) is 0 Å². The Labute approximate surface area is 284 Å². The molecule has 1 aliphatic heterocycles. The van der Waals surface area contributed by atoms with Gasteiger partial charge >= 0.3 is 0 Å². The summed E-state index contributed by atoms with van der Waals surface area (Å²) in [5.74, 6) is 0. The maximum Gasteiger partial charge on any atom is 0.0761 e. The summed E-state index contributed by atoms with van der Waals surface area (Å²) in [6.45, 7) is 8.55. The predicted molar refractivity (Wildman–Crippen MR) is 206 cm³/mol. The number of nitrogen functional groups attached to an aromatic ring is 1. The zero-order chi connectivity index (χ0) is 33.0. The fourth-order valence-corrected chi connectivity index (χ4v) is 6.78. The Balaban J connectivity index is 1.29. The summed E-state index contributed by atoms with van der Waals surface area (Å²) in [4.78, 5) is 9.70. The Bertz CT molecular complexity index is 2160. The van der Waals surface area contributed by atoms with Crippen molar-refractivity contribution in [1.29, 1.82) is 0 Å². The molecular formula is C45H39N3. The molecular weight excluding hydrogens is 583 g/mol. The van der Waals surface area contributed by atoms with E-state index in [2.05, 4.69) is 134 Å². The molecule has 4 aliphatic rings. The first kappa shape index (κ1) is 30.9. The van der Waals surface area contributed by atoms with Crippen LogP contribution in [0, 0.1) is 0 Å². The van der Waals surface area contributed by atoms with Gasteiger partial charge in [-0.1, -0.05) is 111 Å². The summed E-state index contributed by atoms with van der Waals surface area (Å²) in [6.07, 6.45) is 25.7. The van der Waals surface area contributed by atoms with Crippen LogP contribution in [0.1, 0.15) is 48.9 Å². The van der Waals surface area contributed by atoms with Gasteiger partial charge < -0.3 is 5.73 Å². The third kappa shape index (κ3) is 6.29. The lowest BCUT2D eigenvalue weighted by atomic mass is 9.84. The number of rotatable bonds is 6. The lowest BCUT2D eigenvalue weighted by Gasteiger charge is -2.21. The van der Waals surface area contributed by atoms with E-state index in [4.69, 9.17) is 10.7 Å². The standard InChI is InChI=1S/C45H39N3/c1-4-44-39(13-9-25-47-44)29-48-31(3)45(42-24-23-37(28-43(42)46)32-10-6-5-7-11-32)38-22-19-34-18-21-36(26-40(34)27-38)33-16-15-30(2)41-14-8-12-35(41)20-17-33/h5-7,9-19,21-26,28-29,44H,2,4,20,27,46H2,1,3H3/b16-15-,33-17+,39-29-,45-38-,48-31-. The van der Waals surface area contributed by atoms with E-state index < -0.39 is 0 Å². The molecule has 1 atom stereocenters. The minimum absolute atomic E-state index is 0.121. The van der Waals surface area contributed by atoms with Crippen LogP contribution in [0.2, 0.25) is 0 Å². The summed E-state index contributed by atoms with van der Waals surface area (Å²) in [5, 5.41) is 0. The monoisotopic (exact) mass is 621 g/mol. The number of hydrogen-bond acceptors (Lipinski definition) is 3. The Kier molecular flexibility index (Phi) is 8.71. The van der Waals surface area contributed by atoms with E-state index in [1.807, 2.05) is 30.6 Å². The van der Waals surface area contributed by atoms with Crippen LogP contribution in [0.3, 0.4) is 0 Å². The molecule has 3 aromatic carbocycles. The fraction of sp³-hybridized carbons (Fsp3) is 0.133. The van der Waals surface area contributed by atoms with Gasteiger partial charge in [0.15, 0.2) is 0 Å². The molecule has 48 heavy (non-hydrogen) atoms. The van der Waals surface area contributed by atoms with Crippen LogP contribution in [-0.4, -0.2) is 18.0 Å². The van der Waals surface area contributed by atoms with Crippen LogP contribution in [-0.2, 0) is 6.42 Å². The van der Waals surface area contributed by atoms with E-state index in [0.717, 1.165) is 64.1 Å². The van der Waals surface area contributed by atoms with Gasteiger partial charge in [0.05, 0.1) is 6.04 Å². The maximum atomic E-state index is 6.88. The SMILES string of the molecule is C=C1/C=C\C(c2ccc3c(c2)C/C(=C(/C(C)=N\C=C2\C=CC=NC2CC)c2ccc(-c4ccccc4)cc2N)C=C3)=C/CC2=C1C=C=C2. The van der Waals surface area contributed by atoms with Crippen molar-refractivity contribution in [2.45, 2.75) is 39.2 Å². The Morgan fingerprint density at radius 2 is 1.81 bits per heavy atom. The van der Waals surface area contributed by atoms with E-state index in [0.29, 0.717) is 0 Å². The highest BCUT2D eigenvalue weighted by Gasteiger charge is 2.20. The van der Waals surface area contributed by atoms with Crippen molar-refractivity contribution in [2.75, 3.05) is 5.73 Å². The maximum absolute atomic E-state index is 6.88. The molecule has 3 nitrogen and oxygen atoms in total. The van der Waals surface area contributed by atoms with Crippen molar-refractivity contribution in [3.63, 3.8) is 0 Å². The molecule has 0 aromatic heterocycles. The molecule has 3 aromatic rings. The highest BCUT2D eigenvalue weighted by Crippen LogP contribution is 2.36. The van der Waals surface area contributed by atoms with Gasteiger partial charge in [-0.05, 0) is 112 Å². The van der Waals surface area contributed by atoms with Crippen molar-refractivity contribution in [1.82, 2.24) is 0 Å². The second kappa shape index (κ2) is 13.5. The van der Waals surface area contributed by atoms with Gasteiger partial charge in [-0.15, -0.1) is 5.73 Å². The van der Waals surface area contributed by atoms with E-state index in [-0.39, 0.29) is 6.04 Å². The van der Waals surface area contributed by atoms with Gasteiger partial charge in [-0.3, -0.25) is 9.98 Å². The fourth-order valence-electron chi connectivity index (χ4n) is 6.78.